The number of benzene rings is 4. The van der Waals surface area contributed by atoms with Crippen molar-refractivity contribution in [3.8, 4) is 22.3 Å². The van der Waals surface area contributed by atoms with E-state index in [4.69, 9.17) is 66.7 Å². The predicted molar refractivity (Wildman–Crippen MR) is 222 cm³/mol. The molecule has 306 valence electrons. The average Bonchev–Trinajstić information content (AvgIpc) is 3.16. The normalized spacial score (nSPS) is 13.0. The van der Waals surface area contributed by atoms with Gasteiger partial charge in [0, 0.05) is 49.7 Å². The molecule has 0 saturated carbocycles. The number of rotatable bonds is 16. The minimum Gasteiger partial charge on any atom is -0.479 e. The highest BCUT2D eigenvalue weighted by molar-refractivity contribution is 6.36. The Morgan fingerprint density at radius 1 is 0.702 bits per heavy atom. The second kappa shape index (κ2) is 23.3. The van der Waals surface area contributed by atoms with Gasteiger partial charge in [-0.2, -0.15) is 0 Å². The number of aliphatic hydroxyl groups is 2. The first kappa shape index (κ1) is 47.2. The van der Waals surface area contributed by atoms with Gasteiger partial charge in [0.25, 0.3) is 0 Å². The molecule has 0 bridgehead atoms. The van der Waals surface area contributed by atoms with Crippen LogP contribution in [-0.2, 0) is 41.5 Å². The number of hydrogen-bond donors (Lipinski definition) is 5. The zero-order valence-corrected chi connectivity index (χ0v) is 34.6. The van der Waals surface area contributed by atoms with Crippen molar-refractivity contribution in [2.45, 2.75) is 70.7 Å². The highest BCUT2D eigenvalue weighted by Crippen LogP contribution is 2.32. The summed E-state index contributed by atoms with van der Waals surface area (Å²) in [7, 11) is 0. The fourth-order valence-electron chi connectivity index (χ4n) is 5.49. The second-order valence-corrected chi connectivity index (χ2v) is 15.3. The van der Waals surface area contributed by atoms with E-state index in [0.29, 0.717) is 26.5 Å². The standard InChI is InChI=1S/C23H25Cl2NO6.C19H21Cl2NO3/c1-13(2)12-32-23(31)21(28)26-17(11-20(27)22(29)30)9-14-3-5-15(6-4-14)18-10-16(24)7-8-19(18)25;1-2-25-19(24)18(23)11-15(22)9-12-3-5-13(6-4-12)16-10-14(20)7-8-17(16)21/h3-8,10,13,17,20,27H,9,11-12H2,1-2H3,(H,26,28)(H,29,30);3-8,10,15,18,23H,2,9,11,22H2,1H3/t17-,20-;15-,18-/m11/s1. The minimum atomic E-state index is -1.70. The molecular weight excluding hydrogens is 818 g/mol. The molecule has 1 amide bonds. The smallest absolute Gasteiger partial charge is 0.396 e. The molecule has 0 aliphatic heterocycles. The summed E-state index contributed by atoms with van der Waals surface area (Å²) in [6.45, 7) is 5.67. The summed E-state index contributed by atoms with van der Waals surface area (Å²) in [5, 5.41) is 33.3. The van der Waals surface area contributed by atoms with Crippen LogP contribution in [0.4, 0.5) is 0 Å². The summed E-state index contributed by atoms with van der Waals surface area (Å²) >= 11 is 24.5. The minimum absolute atomic E-state index is 0.0582. The van der Waals surface area contributed by atoms with Crippen LogP contribution < -0.4 is 11.1 Å². The van der Waals surface area contributed by atoms with E-state index in [1.54, 1.807) is 49.4 Å². The zero-order chi connectivity index (χ0) is 42.2. The summed E-state index contributed by atoms with van der Waals surface area (Å²) in [6, 6.07) is 24.3. The van der Waals surface area contributed by atoms with Crippen molar-refractivity contribution >= 4 is 70.2 Å². The third-order valence-corrected chi connectivity index (χ3v) is 9.44. The van der Waals surface area contributed by atoms with Gasteiger partial charge >= 0.3 is 23.8 Å². The van der Waals surface area contributed by atoms with Crippen molar-refractivity contribution in [3.63, 3.8) is 0 Å². The maximum Gasteiger partial charge on any atom is 0.396 e. The van der Waals surface area contributed by atoms with Crippen LogP contribution in [-0.4, -0.2) is 76.6 Å². The van der Waals surface area contributed by atoms with Crippen molar-refractivity contribution in [1.29, 1.82) is 0 Å². The first-order valence-corrected chi connectivity index (χ1v) is 19.6. The van der Waals surface area contributed by atoms with Crippen LogP contribution in [0.25, 0.3) is 22.3 Å². The number of nitrogens with one attached hydrogen (secondary N) is 1. The number of amides is 1. The van der Waals surface area contributed by atoms with Gasteiger partial charge in [0.05, 0.1) is 13.2 Å². The lowest BCUT2D eigenvalue weighted by Gasteiger charge is -2.20. The van der Waals surface area contributed by atoms with Gasteiger partial charge < -0.3 is 35.8 Å². The van der Waals surface area contributed by atoms with Crippen LogP contribution in [0, 0.1) is 5.92 Å². The van der Waals surface area contributed by atoms with Crippen molar-refractivity contribution in [2.75, 3.05) is 13.2 Å². The Kier molecular flexibility index (Phi) is 19.3. The van der Waals surface area contributed by atoms with E-state index in [9.17, 15) is 29.4 Å². The number of carboxylic acids is 1. The number of aliphatic hydroxyl groups excluding tert-OH is 2. The van der Waals surface area contributed by atoms with Crippen molar-refractivity contribution in [2.24, 2.45) is 11.7 Å². The van der Waals surface area contributed by atoms with Gasteiger partial charge in [-0.05, 0) is 90.8 Å². The molecule has 0 radical (unpaired) electrons. The molecule has 6 N–H and O–H groups in total. The van der Waals surface area contributed by atoms with Gasteiger partial charge in [-0.3, -0.25) is 4.79 Å². The van der Waals surface area contributed by atoms with Gasteiger partial charge in [-0.25, -0.2) is 14.4 Å². The van der Waals surface area contributed by atoms with Gasteiger partial charge in [0.2, 0.25) is 0 Å². The number of ether oxygens (including phenoxy) is 2. The molecule has 0 unspecified atom stereocenters. The van der Waals surface area contributed by atoms with E-state index in [0.717, 1.165) is 33.4 Å². The summed E-state index contributed by atoms with van der Waals surface area (Å²) in [4.78, 5) is 46.6. The quantitative estimate of drug-likeness (QED) is 0.0556. The molecule has 0 aromatic heterocycles. The monoisotopic (exact) mass is 862 g/mol. The maximum atomic E-state index is 12.2. The van der Waals surface area contributed by atoms with Gasteiger partial charge in [-0.15, -0.1) is 0 Å². The molecule has 4 rings (SSSR count). The number of nitrogens with two attached hydrogens (primary N) is 1. The lowest BCUT2D eigenvalue weighted by atomic mass is 9.97. The van der Waals surface area contributed by atoms with Gasteiger partial charge in [0.15, 0.2) is 12.2 Å². The summed E-state index contributed by atoms with van der Waals surface area (Å²) in [5.74, 6) is -4.04. The van der Waals surface area contributed by atoms with Gasteiger partial charge in [-0.1, -0.05) is 109 Å². The topological polar surface area (TPSA) is 185 Å². The largest absolute Gasteiger partial charge is 0.479 e. The first-order valence-electron chi connectivity index (χ1n) is 18.0. The molecule has 4 atom stereocenters. The van der Waals surface area contributed by atoms with Gasteiger partial charge in [0.1, 0.15) is 0 Å². The van der Waals surface area contributed by atoms with E-state index in [1.165, 1.54) is 0 Å². The lowest BCUT2D eigenvalue weighted by molar-refractivity contribution is -0.156. The molecule has 0 aliphatic carbocycles. The highest BCUT2D eigenvalue weighted by Gasteiger charge is 2.26. The summed E-state index contributed by atoms with van der Waals surface area (Å²) in [5.41, 5.74) is 11.2. The predicted octanol–water partition coefficient (Wildman–Crippen LogP) is 7.57. The summed E-state index contributed by atoms with van der Waals surface area (Å²) in [6.07, 6.45) is -2.28. The van der Waals surface area contributed by atoms with E-state index < -0.39 is 42.1 Å². The third-order valence-electron chi connectivity index (χ3n) is 8.31. The van der Waals surface area contributed by atoms with E-state index >= 15 is 0 Å². The summed E-state index contributed by atoms with van der Waals surface area (Å²) < 4.78 is 9.67. The molecule has 0 aliphatic rings. The molecule has 0 spiro atoms. The molecule has 0 fully saturated rings. The first-order chi connectivity index (χ1) is 27.0. The Labute approximate surface area is 352 Å². The number of aliphatic carboxylic acids is 1. The molecule has 57 heavy (non-hydrogen) atoms. The average molecular weight is 865 g/mol. The molecule has 4 aromatic carbocycles. The number of halogens is 4. The number of carbonyl (C=O) groups is 4. The van der Waals surface area contributed by atoms with Crippen LogP contribution in [0.1, 0.15) is 44.7 Å². The molecule has 11 nitrogen and oxygen atoms in total. The van der Waals surface area contributed by atoms with Crippen LogP contribution in [0.2, 0.25) is 20.1 Å². The van der Waals surface area contributed by atoms with Crippen molar-refractivity contribution in [1.82, 2.24) is 5.32 Å². The van der Waals surface area contributed by atoms with Crippen LogP contribution in [0.5, 0.6) is 0 Å². The zero-order valence-electron chi connectivity index (χ0n) is 31.6. The maximum absolute atomic E-state index is 12.2. The molecule has 0 saturated heterocycles. The molecular formula is C42H46Cl4N2O9. The fraction of sp³-hybridized carbons (Fsp3) is 0.333. The van der Waals surface area contributed by atoms with E-state index in [-0.39, 0.29) is 44.4 Å². The Bertz CT molecular complexity index is 1960. The SMILES string of the molecule is CC(C)COC(=O)C(=O)N[C@H](Cc1ccc(-c2cc(Cl)ccc2Cl)cc1)C[C@@H](O)C(=O)O.CCOC(=O)[C@H](O)C[C@H](N)Cc1ccc(-c2cc(Cl)ccc2Cl)cc1. The molecule has 4 aromatic rings. The Morgan fingerprint density at radius 3 is 1.65 bits per heavy atom. The Balaban J connectivity index is 0.000000315. The third kappa shape index (κ3) is 15.9. The van der Waals surface area contributed by atoms with E-state index in [1.807, 2.05) is 56.3 Å². The Hall–Kier alpha value is -4.20. The molecule has 15 heteroatoms. The lowest BCUT2D eigenvalue weighted by Crippen LogP contribution is -2.44. The number of carboxylic acid groups (broad SMARTS) is 1. The number of hydrogen-bond acceptors (Lipinski definition) is 9. The van der Waals surface area contributed by atoms with Crippen LogP contribution in [0.3, 0.4) is 0 Å². The van der Waals surface area contributed by atoms with Crippen molar-refractivity contribution < 1.29 is 44.0 Å². The van der Waals surface area contributed by atoms with Crippen molar-refractivity contribution in [3.05, 3.63) is 116 Å². The van der Waals surface area contributed by atoms with E-state index in [2.05, 4.69) is 5.32 Å². The number of carbonyl (C=O) groups excluding carboxylic acids is 3. The number of esters is 2. The van der Waals surface area contributed by atoms with Crippen LogP contribution >= 0.6 is 46.4 Å². The second-order valence-electron chi connectivity index (χ2n) is 13.6. The highest BCUT2D eigenvalue weighted by atomic mass is 35.5. The fourth-order valence-corrected chi connectivity index (χ4v) is 6.28. The molecule has 0 heterocycles. The Morgan fingerprint density at radius 2 is 1.19 bits per heavy atom. The van der Waals surface area contributed by atoms with Crippen LogP contribution in [0.15, 0.2) is 84.9 Å².